The summed E-state index contributed by atoms with van der Waals surface area (Å²) in [6, 6.07) is 31.0. The van der Waals surface area contributed by atoms with E-state index >= 15 is 0 Å². The van der Waals surface area contributed by atoms with Crippen molar-refractivity contribution in [3.63, 3.8) is 0 Å². The van der Waals surface area contributed by atoms with Crippen LogP contribution in [0, 0.1) is 7.11 Å². The lowest BCUT2D eigenvalue weighted by Crippen LogP contribution is -2.12. The predicted molar refractivity (Wildman–Crippen MR) is 121 cm³/mol. The van der Waals surface area contributed by atoms with Gasteiger partial charge >= 0.3 is 6.09 Å². The monoisotopic (exact) mass is 426 g/mol. The summed E-state index contributed by atoms with van der Waals surface area (Å²) in [5.41, 5.74) is 0.270. The third-order valence-electron chi connectivity index (χ3n) is 4.32. The molecule has 6 heteroatoms. The van der Waals surface area contributed by atoms with Crippen LogP contribution >= 0.6 is 0 Å². The average molecular weight is 426 g/mol. The van der Waals surface area contributed by atoms with E-state index in [1.807, 2.05) is 66.7 Å². The number of carbonyl (C=O) groups is 1. The molecule has 6 nitrogen and oxygen atoms in total. The Kier molecular flexibility index (Phi) is 6.53. The Morgan fingerprint density at radius 3 is 1.41 bits per heavy atom. The van der Waals surface area contributed by atoms with E-state index in [9.17, 15) is 4.79 Å². The second kappa shape index (κ2) is 10.0. The Morgan fingerprint density at radius 1 is 0.594 bits per heavy atom. The maximum Gasteiger partial charge on any atom is 0.411 e. The van der Waals surface area contributed by atoms with Crippen LogP contribution in [0.25, 0.3) is 0 Å². The van der Waals surface area contributed by atoms with Crippen LogP contribution in [0.1, 0.15) is 0 Å². The molecule has 0 heterocycles. The van der Waals surface area contributed by atoms with Gasteiger partial charge in [0, 0.05) is 12.1 Å². The molecule has 0 spiro atoms. The molecule has 0 aliphatic rings. The third-order valence-corrected chi connectivity index (χ3v) is 4.32. The van der Waals surface area contributed by atoms with Crippen LogP contribution in [0.15, 0.2) is 103 Å². The predicted octanol–water partition coefficient (Wildman–Crippen LogP) is 7.40. The minimum absolute atomic E-state index is 0.270. The highest BCUT2D eigenvalue weighted by Crippen LogP contribution is 2.44. The molecule has 4 rings (SSSR count). The van der Waals surface area contributed by atoms with Crippen LogP contribution in [-0.4, -0.2) is 6.09 Å². The summed E-state index contributed by atoms with van der Waals surface area (Å²) in [7, 11) is 3.16. The first-order chi connectivity index (χ1) is 15.7. The second-order valence-corrected chi connectivity index (χ2v) is 6.60. The van der Waals surface area contributed by atoms with Gasteiger partial charge in [0.25, 0.3) is 0 Å². The number of rotatable bonds is 7. The number of ether oxygens (including phenoxy) is 4. The first-order valence-electron chi connectivity index (χ1n) is 9.81. The molecule has 0 bridgehead atoms. The molecule has 0 aliphatic heterocycles. The van der Waals surface area contributed by atoms with Crippen molar-refractivity contribution in [2.24, 2.45) is 0 Å². The van der Waals surface area contributed by atoms with Gasteiger partial charge in [-0.05, 0) is 36.4 Å². The van der Waals surface area contributed by atoms with Gasteiger partial charge in [0.05, 0.1) is 0 Å². The van der Waals surface area contributed by atoms with Crippen LogP contribution in [0.4, 0.5) is 10.5 Å². The number of para-hydroxylation sites is 3. The highest BCUT2D eigenvalue weighted by molar-refractivity contribution is 5.90. The van der Waals surface area contributed by atoms with Crippen molar-refractivity contribution in [2.75, 3.05) is 5.32 Å². The minimum Gasteiger partial charge on any atom is -0.457 e. The Balaban J connectivity index is 1.79. The standard InChI is InChI=1S/C26H20NO5/c1-29-26(28)27-25-23(31-20-13-7-3-8-14-20)17-22(30-19-11-5-2-6-12-19)18-24(25)32-21-15-9-4-10-16-21/h2-18H,1H2,(H,27,28). The first kappa shape index (κ1) is 20.8. The molecule has 0 saturated carbocycles. The molecule has 32 heavy (non-hydrogen) atoms. The smallest absolute Gasteiger partial charge is 0.411 e. The minimum atomic E-state index is -0.766. The molecule has 1 radical (unpaired) electrons. The van der Waals surface area contributed by atoms with Crippen molar-refractivity contribution in [3.8, 4) is 34.5 Å². The number of nitrogens with one attached hydrogen (secondary N) is 1. The van der Waals surface area contributed by atoms with E-state index in [0.717, 1.165) is 0 Å². The number of benzene rings is 4. The Morgan fingerprint density at radius 2 is 1.00 bits per heavy atom. The summed E-state index contributed by atoms with van der Waals surface area (Å²) in [5.74, 6) is 2.85. The molecule has 0 fully saturated rings. The highest BCUT2D eigenvalue weighted by Gasteiger charge is 2.19. The third kappa shape index (κ3) is 5.37. The van der Waals surface area contributed by atoms with Gasteiger partial charge < -0.3 is 18.9 Å². The highest BCUT2D eigenvalue weighted by atomic mass is 16.5. The molecule has 0 aromatic heterocycles. The topological polar surface area (TPSA) is 66.0 Å². The van der Waals surface area contributed by atoms with Crippen LogP contribution in [-0.2, 0) is 4.74 Å². The summed E-state index contributed by atoms with van der Waals surface area (Å²) in [5, 5.41) is 2.63. The summed E-state index contributed by atoms with van der Waals surface area (Å²) in [4.78, 5) is 12.0. The molecule has 159 valence electrons. The first-order valence-corrected chi connectivity index (χ1v) is 9.81. The normalized spacial score (nSPS) is 10.2. The SMILES string of the molecule is [CH2]OC(=O)Nc1c(Oc2ccccc2)cc(Oc2ccccc2)cc1Oc1ccccc1. The maximum atomic E-state index is 12.0. The molecular weight excluding hydrogens is 406 g/mol. The van der Waals surface area contributed by atoms with Gasteiger partial charge in [-0.2, -0.15) is 0 Å². The number of hydrogen-bond donors (Lipinski definition) is 1. The lowest BCUT2D eigenvalue weighted by Gasteiger charge is -2.18. The van der Waals surface area contributed by atoms with Gasteiger partial charge in [-0.3, -0.25) is 5.32 Å². The van der Waals surface area contributed by atoms with Crippen molar-refractivity contribution in [1.82, 2.24) is 0 Å². The summed E-state index contributed by atoms with van der Waals surface area (Å²) in [6.45, 7) is 0. The van der Waals surface area contributed by atoms with E-state index in [4.69, 9.17) is 14.2 Å². The number of hydrogen-bond acceptors (Lipinski definition) is 5. The Labute approximate surface area is 185 Å². The van der Waals surface area contributed by atoms with Gasteiger partial charge in [-0.1, -0.05) is 54.6 Å². The molecular formula is C26H20NO5. The lowest BCUT2D eigenvalue weighted by molar-refractivity contribution is 0.199. The van der Waals surface area contributed by atoms with Crippen LogP contribution < -0.4 is 19.5 Å². The summed E-state index contributed by atoms with van der Waals surface area (Å²) >= 11 is 0. The molecule has 4 aromatic carbocycles. The average Bonchev–Trinajstić information content (AvgIpc) is 2.83. The lowest BCUT2D eigenvalue weighted by atomic mass is 10.2. The zero-order valence-corrected chi connectivity index (χ0v) is 17.1. The molecule has 0 aliphatic carbocycles. The number of amides is 1. The fraction of sp³-hybridized carbons (Fsp3) is 0. The van der Waals surface area contributed by atoms with Gasteiger partial charge in [0.15, 0.2) is 11.5 Å². The summed E-state index contributed by atoms with van der Waals surface area (Å²) < 4.78 is 22.7. The van der Waals surface area contributed by atoms with Crippen molar-refractivity contribution in [2.45, 2.75) is 0 Å². The number of carbonyl (C=O) groups excluding carboxylic acids is 1. The molecule has 1 amide bonds. The van der Waals surface area contributed by atoms with Crippen molar-refractivity contribution in [1.29, 1.82) is 0 Å². The van der Waals surface area contributed by atoms with E-state index in [1.165, 1.54) is 0 Å². The zero-order chi connectivity index (χ0) is 22.2. The Bertz CT molecular complexity index is 1100. The van der Waals surface area contributed by atoms with Crippen LogP contribution in [0.3, 0.4) is 0 Å². The fourth-order valence-electron chi connectivity index (χ4n) is 2.90. The van der Waals surface area contributed by atoms with Crippen LogP contribution in [0.2, 0.25) is 0 Å². The van der Waals surface area contributed by atoms with Crippen LogP contribution in [0.5, 0.6) is 34.5 Å². The number of anilines is 1. The second-order valence-electron chi connectivity index (χ2n) is 6.60. The summed E-state index contributed by atoms with van der Waals surface area (Å²) in [6.07, 6.45) is -0.766. The zero-order valence-electron chi connectivity index (χ0n) is 17.1. The molecule has 0 saturated heterocycles. The van der Waals surface area contributed by atoms with Gasteiger partial charge in [-0.25, -0.2) is 4.79 Å². The van der Waals surface area contributed by atoms with E-state index in [1.54, 1.807) is 36.4 Å². The molecule has 0 unspecified atom stereocenters. The van der Waals surface area contributed by atoms with E-state index < -0.39 is 6.09 Å². The molecule has 4 aromatic rings. The largest absolute Gasteiger partial charge is 0.457 e. The van der Waals surface area contributed by atoms with Crippen molar-refractivity contribution >= 4 is 11.8 Å². The fourth-order valence-corrected chi connectivity index (χ4v) is 2.90. The van der Waals surface area contributed by atoms with Crippen molar-refractivity contribution < 1.29 is 23.7 Å². The quantitative estimate of drug-likeness (QED) is 0.333. The van der Waals surface area contributed by atoms with Gasteiger partial charge in [0.1, 0.15) is 35.8 Å². The van der Waals surface area contributed by atoms with E-state index in [2.05, 4.69) is 17.2 Å². The van der Waals surface area contributed by atoms with E-state index in [0.29, 0.717) is 34.5 Å². The van der Waals surface area contributed by atoms with Gasteiger partial charge in [0.2, 0.25) is 0 Å². The molecule has 1 N–H and O–H groups in total. The van der Waals surface area contributed by atoms with Gasteiger partial charge in [-0.15, -0.1) is 0 Å². The van der Waals surface area contributed by atoms with E-state index in [-0.39, 0.29) is 5.69 Å². The molecule has 0 atom stereocenters. The maximum absolute atomic E-state index is 12.0. The Hall–Kier alpha value is -4.45. The van der Waals surface area contributed by atoms with Crippen molar-refractivity contribution in [3.05, 3.63) is 110 Å².